The molecule has 2 atom stereocenters. The van der Waals surface area contributed by atoms with Crippen molar-refractivity contribution in [3.8, 4) is 0 Å². The lowest BCUT2D eigenvalue weighted by Crippen LogP contribution is -2.49. The van der Waals surface area contributed by atoms with Gasteiger partial charge in [0.1, 0.15) is 5.69 Å². The summed E-state index contributed by atoms with van der Waals surface area (Å²) in [7, 11) is 0. The third kappa shape index (κ3) is 3.53. The molecule has 2 aromatic rings. The molecule has 1 amide bonds. The smallest absolute Gasteiger partial charge is 0.269 e. The third-order valence-corrected chi connectivity index (χ3v) is 5.00. The van der Waals surface area contributed by atoms with Crippen molar-refractivity contribution in [1.29, 1.82) is 0 Å². The zero-order valence-electron chi connectivity index (χ0n) is 12.9. The maximum atomic E-state index is 12.1. The number of rotatable bonds is 4. The average Bonchev–Trinajstić information content (AvgIpc) is 3.13. The second kappa shape index (κ2) is 6.58. The van der Waals surface area contributed by atoms with Crippen LogP contribution in [0.3, 0.4) is 0 Å². The van der Waals surface area contributed by atoms with Crippen molar-refractivity contribution in [2.45, 2.75) is 32.9 Å². The molecule has 1 aliphatic heterocycles. The molecule has 22 heavy (non-hydrogen) atoms. The maximum absolute atomic E-state index is 12.1. The van der Waals surface area contributed by atoms with E-state index in [0.29, 0.717) is 11.6 Å². The number of nitrogens with zero attached hydrogens (tertiary/aromatic N) is 3. The molecule has 0 saturated carbocycles. The van der Waals surface area contributed by atoms with Crippen molar-refractivity contribution >= 4 is 17.2 Å². The van der Waals surface area contributed by atoms with Crippen LogP contribution in [0.25, 0.3) is 0 Å². The number of carbonyl (C=O) groups is 1. The first-order chi connectivity index (χ1) is 10.6. The second-order valence-corrected chi connectivity index (χ2v) is 7.22. The topological polar surface area (TPSA) is 73.9 Å². The van der Waals surface area contributed by atoms with Gasteiger partial charge in [0, 0.05) is 42.9 Å². The van der Waals surface area contributed by atoms with Gasteiger partial charge < -0.3 is 5.32 Å². The minimum Gasteiger partial charge on any atom is -0.348 e. The molecule has 2 N–H and O–H groups in total. The summed E-state index contributed by atoms with van der Waals surface area (Å²) in [5.74, 6) is 0.357. The largest absolute Gasteiger partial charge is 0.348 e. The first-order valence-electron chi connectivity index (χ1n) is 7.55. The number of carbonyl (C=O) groups excluding carboxylic acids is 1. The lowest BCUT2D eigenvalue weighted by molar-refractivity contribution is 0.0856. The van der Waals surface area contributed by atoms with E-state index in [4.69, 9.17) is 0 Å². The van der Waals surface area contributed by atoms with E-state index in [1.807, 2.05) is 13.1 Å². The highest BCUT2D eigenvalue weighted by Gasteiger charge is 2.28. The van der Waals surface area contributed by atoms with Crippen LogP contribution in [0.5, 0.6) is 0 Å². The summed E-state index contributed by atoms with van der Waals surface area (Å²) in [5, 5.41) is 10.8. The fourth-order valence-electron chi connectivity index (χ4n) is 2.92. The molecule has 2 aromatic heterocycles. The van der Waals surface area contributed by atoms with Gasteiger partial charge in [-0.05, 0) is 25.3 Å². The van der Waals surface area contributed by atoms with Crippen molar-refractivity contribution < 1.29 is 4.79 Å². The number of aromatic nitrogens is 3. The number of amides is 1. The number of thiazole rings is 1. The Bertz CT molecular complexity index is 624. The molecule has 1 saturated heterocycles. The van der Waals surface area contributed by atoms with E-state index in [-0.39, 0.29) is 11.9 Å². The SMILES string of the molecule is Cc1ncc(CN2CC[C@H](NC(=O)c3ccn[nH]3)[C@H](C)C2)s1. The van der Waals surface area contributed by atoms with Crippen LogP contribution in [-0.2, 0) is 6.54 Å². The molecular weight excluding hydrogens is 298 g/mol. The van der Waals surface area contributed by atoms with Gasteiger partial charge in [0.05, 0.1) is 5.01 Å². The second-order valence-electron chi connectivity index (χ2n) is 5.90. The van der Waals surface area contributed by atoms with E-state index in [1.54, 1.807) is 23.6 Å². The van der Waals surface area contributed by atoms with Gasteiger partial charge in [-0.3, -0.25) is 14.8 Å². The predicted molar refractivity (Wildman–Crippen MR) is 85.8 cm³/mol. The van der Waals surface area contributed by atoms with Crippen LogP contribution in [0.4, 0.5) is 0 Å². The Balaban J connectivity index is 1.52. The van der Waals surface area contributed by atoms with Gasteiger partial charge in [0.25, 0.3) is 5.91 Å². The number of aromatic amines is 1. The lowest BCUT2D eigenvalue weighted by Gasteiger charge is -2.36. The van der Waals surface area contributed by atoms with Crippen LogP contribution in [0, 0.1) is 12.8 Å². The molecule has 0 aliphatic carbocycles. The molecule has 3 rings (SSSR count). The highest BCUT2D eigenvalue weighted by atomic mass is 32.1. The molecule has 0 unspecified atom stereocenters. The Morgan fingerprint density at radius 3 is 3.09 bits per heavy atom. The molecule has 0 bridgehead atoms. The molecule has 7 heteroatoms. The van der Waals surface area contributed by atoms with Gasteiger partial charge in [0.2, 0.25) is 0 Å². The Hall–Kier alpha value is -1.73. The molecule has 3 heterocycles. The summed E-state index contributed by atoms with van der Waals surface area (Å²) in [4.78, 5) is 20.2. The first kappa shape index (κ1) is 15.2. The Kier molecular flexibility index (Phi) is 4.54. The summed E-state index contributed by atoms with van der Waals surface area (Å²) in [6.45, 7) is 7.17. The minimum atomic E-state index is -0.0686. The summed E-state index contributed by atoms with van der Waals surface area (Å²) < 4.78 is 0. The fraction of sp³-hybridized carbons (Fsp3) is 0.533. The van der Waals surface area contributed by atoms with Crippen LogP contribution < -0.4 is 5.32 Å². The van der Waals surface area contributed by atoms with Crippen molar-refractivity contribution in [3.63, 3.8) is 0 Å². The van der Waals surface area contributed by atoms with E-state index in [0.717, 1.165) is 31.1 Å². The van der Waals surface area contributed by atoms with Crippen LogP contribution in [-0.4, -0.2) is 45.1 Å². The number of aryl methyl sites for hydroxylation is 1. The van der Waals surface area contributed by atoms with Gasteiger partial charge in [-0.1, -0.05) is 6.92 Å². The average molecular weight is 319 g/mol. The van der Waals surface area contributed by atoms with E-state index in [1.165, 1.54) is 4.88 Å². The highest BCUT2D eigenvalue weighted by molar-refractivity contribution is 7.11. The van der Waals surface area contributed by atoms with E-state index in [2.05, 4.69) is 32.3 Å². The van der Waals surface area contributed by atoms with Crippen molar-refractivity contribution in [2.75, 3.05) is 13.1 Å². The summed E-state index contributed by atoms with van der Waals surface area (Å²) in [5.41, 5.74) is 0.523. The predicted octanol–water partition coefficient (Wildman–Crippen LogP) is 1.82. The Morgan fingerprint density at radius 1 is 1.59 bits per heavy atom. The molecule has 1 fully saturated rings. The number of H-pyrrole nitrogens is 1. The summed E-state index contributed by atoms with van der Waals surface area (Å²) in [6, 6.07) is 1.91. The van der Waals surface area contributed by atoms with Crippen molar-refractivity contribution in [1.82, 2.24) is 25.4 Å². The molecule has 0 aromatic carbocycles. The zero-order valence-corrected chi connectivity index (χ0v) is 13.7. The summed E-state index contributed by atoms with van der Waals surface area (Å²) in [6.07, 6.45) is 4.54. The third-order valence-electron chi connectivity index (χ3n) is 4.10. The number of hydrogen-bond acceptors (Lipinski definition) is 5. The van der Waals surface area contributed by atoms with Crippen LogP contribution >= 0.6 is 11.3 Å². The number of nitrogens with one attached hydrogen (secondary N) is 2. The monoisotopic (exact) mass is 319 g/mol. The van der Waals surface area contributed by atoms with Gasteiger partial charge in [-0.15, -0.1) is 11.3 Å². The molecule has 118 valence electrons. The molecule has 1 aliphatic rings. The standard InChI is InChI=1S/C15H21N5OS/c1-10-8-20(9-12-7-16-11(2)22-12)6-4-13(10)18-15(21)14-3-5-17-19-14/h3,5,7,10,13H,4,6,8-9H2,1-2H3,(H,17,19)(H,18,21)/t10-,13+/m1/s1. The number of hydrogen-bond donors (Lipinski definition) is 2. The van der Waals surface area contributed by atoms with Gasteiger partial charge in [-0.2, -0.15) is 5.10 Å². The van der Waals surface area contributed by atoms with Crippen molar-refractivity contribution in [2.24, 2.45) is 5.92 Å². The van der Waals surface area contributed by atoms with Gasteiger partial charge in [0.15, 0.2) is 0 Å². The van der Waals surface area contributed by atoms with E-state index < -0.39 is 0 Å². The molecule has 0 radical (unpaired) electrons. The van der Waals surface area contributed by atoms with Gasteiger partial charge >= 0.3 is 0 Å². The lowest BCUT2D eigenvalue weighted by atomic mass is 9.93. The summed E-state index contributed by atoms with van der Waals surface area (Å²) >= 11 is 1.76. The van der Waals surface area contributed by atoms with Crippen molar-refractivity contribution in [3.05, 3.63) is 34.0 Å². The normalized spacial score (nSPS) is 22.6. The molecule has 6 nitrogen and oxygen atoms in total. The zero-order chi connectivity index (χ0) is 15.5. The Labute approximate surface area is 133 Å². The Morgan fingerprint density at radius 2 is 2.45 bits per heavy atom. The number of likely N-dealkylation sites (tertiary alicyclic amines) is 1. The number of piperidine rings is 1. The maximum Gasteiger partial charge on any atom is 0.269 e. The molecule has 0 spiro atoms. The minimum absolute atomic E-state index is 0.0686. The van der Waals surface area contributed by atoms with E-state index >= 15 is 0 Å². The first-order valence-corrected chi connectivity index (χ1v) is 8.37. The van der Waals surface area contributed by atoms with E-state index in [9.17, 15) is 4.79 Å². The quantitative estimate of drug-likeness (QED) is 0.901. The van der Waals surface area contributed by atoms with Crippen LogP contribution in [0.1, 0.15) is 33.7 Å². The fourth-order valence-corrected chi connectivity index (χ4v) is 3.75. The molecular formula is C15H21N5OS. The van der Waals surface area contributed by atoms with Crippen LogP contribution in [0.2, 0.25) is 0 Å². The highest BCUT2D eigenvalue weighted by Crippen LogP contribution is 2.21. The van der Waals surface area contributed by atoms with Gasteiger partial charge in [-0.25, -0.2) is 4.98 Å². The van der Waals surface area contributed by atoms with Crippen LogP contribution in [0.15, 0.2) is 18.5 Å².